The summed E-state index contributed by atoms with van der Waals surface area (Å²) in [6.45, 7) is 7.01. The second kappa shape index (κ2) is 11.0. The zero-order valence-electron chi connectivity index (χ0n) is 17.2. The molecule has 6 nitrogen and oxygen atoms in total. The summed E-state index contributed by atoms with van der Waals surface area (Å²) in [6, 6.07) is 9.94. The van der Waals surface area contributed by atoms with Crippen LogP contribution >= 0.6 is 11.3 Å². The second-order valence-electron chi connectivity index (χ2n) is 7.13. The molecule has 28 heavy (non-hydrogen) atoms. The Labute approximate surface area is 172 Å². The van der Waals surface area contributed by atoms with Gasteiger partial charge in [-0.25, -0.2) is 4.99 Å². The summed E-state index contributed by atoms with van der Waals surface area (Å²) in [4.78, 5) is 6.73. The zero-order valence-corrected chi connectivity index (χ0v) is 18.1. The number of rotatable bonds is 10. The van der Waals surface area contributed by atoms with Crippen molar-refractivity contribution in [1.82, 2.24) is 15.5 Å². The van der Waals surface area contributed by atoms with Gasteiger partial charge in [0.1, 0.15) is 18.0 Å². The smallest absolute Gasteiger partial charge is 0.191 e. The largest absolute Gasteiger partial charge is 0.492 e. The van der Waals surface area contributed by atoms with Crippen LogP contribution in [0.15, 0.2) is 46.1 Å². The average molecular weight is 405 g/mol. The average Bonchev–Trinajstić information content (AvgIpc) is 3.20. The molecule has 1 atom stereocenters. The van der Waals surface area contributed by atoms with Crippen LogP contribution in [-0.2, 0) is 12.1 Å². The number of thiophene rings is 1. The van der Waals surface area contributed by atoms with Gasteiger partial charge in [-0.3, -0.25) is 0 Å². The SMILES string of the molecule is CCNC(=NCc1cccc(OCCN(C)C)c1)NCC(C)(O)c1ccsc1. The summed E-state index contributed by atoms with van der Waals surface area (Å²) in [6.07, 6.45) is 0. The highest BCUT2D eigenvalue weighted by Gasteiger charge is 2.23. The van der Waals surface area contributed by atoms with Crippen LogP contribution in [0, 0.1) is 0 Å². The molecule has 0 saturated carbocycles. The van der Waals surface area contributed by atoms with E-state index in [1.807, 2.05) is 62.1 Å². The van der Waals surface area contributed by atoms with Gasteiger partial charge in [-0.15, -0.1) is 0 Å². The third-order valence-corrected chi connectivity index (χ3v) is 4.90. The number of aliphatic hydroxyl groups is 1. The van der Waals surface area contributed by atoms with Crippen LogP contribution in [0.3, 0.4) is 0 Å². The quantitative estimate of drug-likeness (QED) is 0.420. The minimum Gasteiger partial charge on any atom is -0.492 e. The molecular weight excluding hydrogens is 372 g/mol. The Morgan fingerprint density at radius 1 is 1.29 bits per heavy atom. The number of nitrogens with one attached hydrogen (secondary N) is 2. The molecular formula is C21H32N4O2S. The number of hydrogen-bond acceptors (Lipinski definition) is 5. The van der Waals surface area contributed by atoms with E-state index in [0.29, 0.717) is 25.7 Å². The highest BCUT2D eigenvalue weighted by Crippen LogP contribution is 2.22. The molecule has 7 heteroatoms. The number of ether oxygens (including phenoxy) is 1. The molecule has 1 unspecified atom stereocenters. The maximum atomic E-state index is 10.7. The lowest BCUT2D eigenvalue weighted by molar-refractivity contribution is 0.0621. The Bertz CT molecular complexity index is 730. The van der Waals surface area contributed by atoms with Gasteiger partial charge in [0.25, 0.3) is 0 Å². The van der Waals surface area contributed by atoms with Gasteiger partial charge in [-0.2, -0.15) is 11.3 Å². The summed E-state index contributed by atoms with van der Waals surface area (Å²) in [5, 5.41) is 21.1. The van der Waals surface area contributed by atoms with Crippen molar-refractivity contribution in [3.63, 3.8) is 0 Å². The molecule has 0 bridgehead atoms. The van der Waals surface area contributed by atoms with Crippen LogP contribution in [0.25, 0.3) is 0 Å². The van der Waals surface area contributed by atoms with Crippen LogP contribution in [0.5, 0.6) is 5.75 Å². The molecule has 1 aromatic carbocycles. The molecule has 3 N–H and O–H groups in total. The third-order valence-electron chi connectivity index (χ3n) is 4.21. The molecule has 0 amide bonds. The van der Waals surface area contributed by atoms with Crippen LogP contribution in [0.1, 0.15) is 25.0 Å². The first-order valence-electron chi connectivity index (χ1n) is 9.54. The number of likely N-dealkylation sites (N-methyl/N-ethyl adjacent to an activating group) is 1. The van der Waals surface area contributed by atoms with E-state index in [2.05, 4.69) is 20.5 Å². The van der Waals surface area contributed by atoms with E-state index >= 15 is 0 Å². The summed E-state index contributed by atoms with van der Waals surface area (Å²) >= 11 is 1.58. The normalized spacial score (nSPS) is 14.0. The van der Waals surface area contributed by atoms with Crippen molar-refractivity contribution < 1.29 is 9.84 Å². The van der Waals surface area contributed by atoms with Gasteiger partial charge in [0.2, 0.25) is 0 Å². The number of benzene rings is 1. The van der Waals surface area contributed by atoms with Crippen molar-refractivity contribution in [2.24, 2.45) is 4.99 Å². The van der Waals surface area contributed by atoms with E-state index in [1.54, 1.807) is 18.3 Å². The first kappa shape index (κ1) is 22.2. The molecule has 1 aromatic heterocycles. The Morgan fingerprint density at radius 3 is 2.79 bits per heavy atom. The Kier molecular flexibility index (Phi) is 8.76. The van der Waals surface area contributed by atoms with E-state index in [1.165, 1.54) is 0 Å². The van der Waals surface area contributed by atoms with Gasteiger partial charge in [0.05, 0.1) is 13.1 Å². The van der Waals surface area contributed by atoms with E-state index in [-0.39, 0.29) is 0 Å². The highest BCUT2D eigenvalue weighted by molar-refractivity contribution is 7.08. The van der Waals surface area contributed by atoms with Gasteiger partial charge >= 0.3 is 0 Å². The fourth-order valence-electron chi connectivity index (χ4n) is 2.52. The number of guanidine groups is 1. The topological polar surface area (TPSA) is 69.1 Å². The Balaban J connectivity index is 1.94. The molecule has 2 aromatic rings. The summed E-state index contributed by atoms with van der Waals surface area (Å²) < 4.78 is 5.79. The van der Waals surface area contributed by atoms with Crippen LogP contribution in [-0.4, -0.2) is 56.3 Å². The van der Waals surface area contributed by atoms with E-state index in [9.17, 15) is 5.11 Å². The van der Waals surface area contributed by atoms with E-state index in [4.69, 9.17) is 4.74 Å². The minimum absolute atomic E-state index is 0.378. The highest BCUT2D eigenvalue weighted by atomic mass is 32.1. The molecule has 154 valence electrons. The zero-order chi connectivity index (χ0) is 20.4. The van der Waals surface area contributed by atoms with E-state index in [0.717, 1.165) is 30.0 Å². The Hall–Kier alpha value is -2.09. The number of hydrogen-bond donors (Lipinski definition) is 3. The van der Waals surface area contributed by atoms with Crippen LogP contribution < -0.4 is 15.4 Å². The van der Waals surface area contributed by atoms with Gasteiger partial charge < -0.3 is 25.4 Å². The van der Waals surface area contributed by atoms with Crippen molar-refractivity contribution in [2.75, 3.05) is 40.3 Å². The molecule has 0 radical (unpaired) electrons. The van der Waals surface area contributed by atoms with Crippen molar-refractivity contribution >= 4 is 17.3 Å². The number of aliphatic imine (C=N–C) groups is 1. The maximum Gasteiger partial charge on any atom is 0.191 e. The fraction of sp³-hybridized carbons (Fsp3) is 0.476. The van der Waals surface area contributed by atoms with Crippen molar-refractivity contribution in [3.05, 3.63) is 52.2 Å². The van der Waals surface area contributed by atoms with Gasteiger partial charge in [-0.05, 0) is 68.0 Å². The lowest BCUT2D eigenvalue weighted by atomic mass is 9.99. The molecule has 0 aliphatic carbocycles. The molecule has 0 saturated heterocycles. The molecule has 2 rings (SSSR count). The fourth-order valence-corrected chi connectivity index (χ4v) is 3.30. The van der Waals surface area contributed by atoms with Gasteiger partial charge in [0.15, 0.2) is 5.96 Å². The van der Waals surface area contributed by atoms with Gasteiger partial charge in [-0.1, -0.05) is 12.1 Å². The van der Waals surface area contributed by atoms with Gasteiger partial charge in [0, 0.05) is 13.1 Å². The summed E-state index contributed by atoms with van der Waals surface area (Å²) in [7, 11) is 4.05. The monoisotopic (exact) mass is 404 g/mol. The molecule has 1 heterocycles. The molecule has 0 aliphatic heterocycles. The lowest BCUT2D eigenvalue weighted by Gasteiger charge is -2.24. The first-order valence-corrected chi connectivity index (χ1v) is 10.5. The lowest BCUT2D eigenvalue weighted by Crippen LogP contribution is -2.44. The predicted molar refractivity (Wildman–Crippen MR) is 117 cm³/mol. The second-order valence-corrected chi connectivity index (χ2v) is 7.91. The van der Waals surface area contributed by atoms with E-state index < -0.39 is 5.60 Å². The molecule has 0 fully saturated rings. The molecule has 0 aliphatic rings. The van der Waals surface area contributed by atoms with Crippen molar-refractivity contribution in [1.29, 1.82) is 0 Å². The maximum absolute atomic E-state index is 10.7. The third kappa shape index (κ3) is 7.50. The number of nitrogens with zero attached hydrogens (tertiary/aromatic N) is 2. The summed E-state index contributed by atoms with van der Waals surface area (Å²) in [5.41, 5.74) is 1.03. The Morgan fingerprint density at radius 2 is 2.11 bits per heavy atom. The van der Waals surface area contributed by atoms with Crippen molar-refractivity contribution in [3.8, 4) is 5.75 Å². The minimum atomic E-state index is -0.948. The van der Waals surface area contributed by atoms with Crippen LogP contribution in [0.2, 0.25) is 0 Å². The van der Waals surface area contributed by atoms with Crippen LogP contribution in [0.4, 0.5) is 0 Å². The standard InChI is InChI=1S/C21H32N4O2S/c1-5-22-20(24-16-21(2,26)18-9-12-28-15-18)23-14-17-7-6-8-19(13-17)27-11-10-25(3)4/h6-9,12-13,15,26H,5,10-11,14,16H2,1-4H3,(H2,22,23,24). The predicted octanol–water partition coefficient (Wildman–Crippen LogP) is 2.65. The first-order chi connectivity index (χ1) is 13.4. The molecule has 0 spiro atoms. The van der Waals surface area contributed by atoms with Crippen molar-refractivity contribution in [2.45, 2.75) is 26.0 Å². The summed E-state index contributed by atoms with van der Waals surface area (Å²) in [5.74, 6) is 1.53.